The van der Waals surface area contributed by atoms with Crippen LogP contribution in [0.3, 0.4) is 0 Å². The van der Waals surface area contributed by atoms with Crippen molar-refractivity contribution in [1.29, 1.82) is 0 Å². The quantitative estimate of drug-likeness (QED) is 0.783. The second kappa shape index (κ2) is 6.50. The van der Waals surface area contributed by atoms with E-state index in [4.69, 9.17) is 13.7 Å². The maximum atomic E-state index is 12.5. The molecule has 0 atom stereocenters. The maximum absolute atomic E-state index is 12.5. The highest BCUT2D eigenvalue weighted by Crippen LogP contribution is 2.42. The molecule has 0 aliphatic rings. The molecule has 0 saturated carbocycles. The predicted molar refractivity (Wildman–Crippen MR) is 88.0 cm³/mol. The summed E-state index contributed by atoms with van der Waals surface area (Å²) in [5.41, 5.74) is 2.49. The zero-order valence-corrected chi connectivity index (χ0v) is 14.7. The van der Waals surface area contributed by atoms with E-state index in [1.807, 2.05) is 13.8 Å². The van der Waals surface area contributed by atoms with Gasteiger partial charge in [0.1, 0.15) is 4.90 Å². The molecule has 0 saturated heterocycles. The van der Waals surface area contributed by atoms with Crippen molar-refractivity contribution in [3.05, 3.63) is 47.0 Å². The van der Waals surface area contributed by atoms with E-state index in [0.717, 1.165) is 11.1 Å². The van der Waals surface area contributed by atoms with Crippen LogP contribution in [0, 0.1) is 20.8 Å². The van der Waals surface area contributed by atoms with E-state index in [2.05, 4.69) is 0 Å². The molecule has 2 aromatic carbocycles. The summed E-state index contributed by atoms with van der Waals surface area (Å²) in [6.45, 7) is 5.51. The number of aryl methyl sites for hydroxylation is 2. The van der Waals surface area contributed by atoms with Crippen molar-refractivity contribution in [2.24, 2.45) is 0 Å². The lowest BCUT2D eigenvalue weighted by atomic mass is 10.1. The van der Waals surface area contributed by atoms with E-state index in [9.17, 15) is 8.42 Å². The average molecular weight is 336 g/mol. The van der Waals surface area contributed by atoms with Crippen molar-refractivity contribution in [3.63, 3.8) is 0 Å². The van der Waals surface area contributed by atoms with Gasteiger partial charge in [-0.1, -0.05) is 17.7 Å². The van der Waals surface area contributed by atoms with Gasteiger partial charge in [-0.05, 0) is 50.1 Å². The van der Waals surface area contributed by atoms with Gasteiger partial charge in [-0.2, -0.15) is 8.42 Å². The van der Waals surface area contributed by atoms with Crippen molar-refractivity contribution in [2.75, 3.05) is 14.2 Å². The lowest BCUT2D eigenvalue weighted by Crippen LogP contribution is -2.12. The molecule has 2 aromatic rings. The Morgan fingerprint density at radius 1 is 0.870 bits per heavy atom. The molecular weight excluding hydrogens is 316 g/mol. The van der Waals surface area contributed by atoms with Crippen molar-refractivity contribution < 1.29 is 22.1 Å². The number of methoxy groups -OCH3 is 2. The third-order valence-corrected chi connectivity index (χ3v) is 4.87. The van der Waals surface area contributed by atoms with Crippen LogP contribution in [0.15, 0.2) is 35.2 Å². The molecule has 0 bridgehead atoms. The summed E-state index contributed by atoms with van der Waals surface area (Å²) in [5.74, 6) is 0.820. The van der Waals surface area contributed by atoms with Gasteiger partial charge in [-0.15, -0.1) is 0 Å². The summed E-state index contributed by atoms with van der Waals surface area (Å²) in [5, 5.41) is 0. The van der Waals surface area contributed by atoms with Gasteiger partial charge in [-0.25, -0.2) is 0 Å². The average Bonchev–Trinajstić information content (AvgIpc) is 2.51. The zero-order chi connectivity index (χ0) is 17.2. The first-order valence-corrected chi connectivity index (χ1v) is 8.44. The molecule has 6 heteroatoms. The van der Waals surface area contributed by atoms with Gasteiger partial charge >= 0.3 is 10.1 Å². The first-order chi connectivity index (χ1) is 10.8. The van der Waals surface area contributed by atoms with Crippen LogP contribution in [0.2, 0.25) is 0 Å². The predicted octanol–water partition coefficient (Wildman–Crippen LogP) is 3.40. The smallest absolute Gasteiger partial charge is 0.339 e. The third-order valence-electron chi connectivity index (χ3n) is 3.64. The molecule has 0 N–H and O–H groups in total. The molecule has 0 spiro atoms. The van der Waals surface area contributed by atoms with Gasteiger partial charge in [0.15, 0.2) is 11.5 Å². The molecule has 23 heavy (non-hydrogen) atoms. The lowest BCUT2D eigenvalue weighted by molar-refractivity contribution is 0.342. The third kappa shape index (κ3) is 3.42. The summed E-state index contributed by atoms with van der Waals surface area (Å²) >= 11 is 0. The Labute approximate surface area is 136 Å². The monoisotopic (exact) mass is 336 g/mol. The number of hydrogen-bond donors (Lipinski definition) is 0. The highest BCUT2D eigenvalue weighted by molar-refractivity contribution is 7.87. The van der Waals surface area contributed by atoms with Crippen LogP contribution in [-0.2, 0) is 10.1 Å². The van der Waals surface area contributed by atoms with E-state index >= 15 is 0 Å². The molecular formula is C17H20O5S. The fourth-order valence-corrected chi connectivity index (χ4v) is 3.13. The molecule has 0 aliphatic carbocycles. The minimum absolute atomic E-state index is 0.0880. The zero-order valence-electron chi connectivity index (χ0n) is 13.8. The van der Waals surface area contributed by atoms with Crippen molar-refractivity contribution in [2.45, 2.75) is 25.7 Å². The van der Waals surface area contributed by atoms with Gasteiger partial charge < -0.3 is 13.7 Å². The molecule has 0 heterocycles. The summed E-state index contributed by atoms with van der Waals surface area (Å²) in [6.07, 6.45) is 0. The van der Waals surface area contributed by atoms with Gasteiger partial charge in [0.2, 0.25) is 5.75 Å². The van der Waals surface area contributed by atoms with Gasteiger partial charge in [-0.3, -0.25) is 0 Å². The molecule has 0 aliphatic heterocycles. The summed E-state index contributed by atoms with van der Waals surface area (Å²) < 4.78 is 41.0. The number of benzene rings is 2. The van der Waals surface area contributed by atoms with Crippen LogP contribution in [0.25, 0.3) is 0 Å². The standard InChI is InChI=1S/C17H20O5S/c1-11-6-8-14(9-7-11)23(18,19)22-16-13(3)12(2)10-15(20-4)17(16)21-5/h6-10H,1-5H3. The molecule has 0 radical (unpaired) electrons. The summed E-state index contributed by atoms with van der Waals surface area (Å²) in [4.78, 5) is 0.0880. The fourth-order valence-electron chi connectivity index (χ4n) is 2.14. The fraction of sp³-hybridized carbons (Fsp3) is 0.294. The second-order valence-corrected chi connectivity index (χ2v) is 6.78. The van der Waals surface area contributed by atoms with Crippen molar-refractivity contribution >= 4 is 10.1 Å². The van der Waals surface area contributed by atoms with E-state index < -0.39 is 10.1 Å². The van der Waals surface area contributed by atoms with Crippen molar-refractivity contribution in [1.82, 2.24) is 0 Å². The number of rotatable bonds is 5. The van der Waals surface area contributed by atoms with Crippen LogP contribution < -0.4 is 13.7 Å². The highest BCUT2D eigenvalue weighted by atomic mass is 32.2. The largest absolute Gasteiger partial charge is 0.493 e. The summed E-state index contributed by atoms with van der Waals surface area (Å²) in [6, 6.07) is 8.24. The molecule has 0 amide bonds. The van der Waals surface area contributed by atoms with Gasteiger partial charge in [0, 0.05) is 0 Å². The van der Waals surface area contributed by atoms with Crippen LogP contribution in [0.4, 0.5) is 0 Å². The Bertz CT molecular complexity index is 808. The first kappa shape index (κ1) is 17.1. The molecule has 2 rings (SSSR count). The van der Waals surface area contributed by atoms with Gasteiger partial charge in [0.05, 0.1) is 14.2 Å². The first-order valence-electron chi connectivity index (χ1n) is 7.03. The second-order valence-electron chi connectivity index (χ2n) is 5.23. The normalized spacial score (nSPS) is 11.2. The molecule has 0 aromatic heterocycles. The molecule has 124 valence electrons. The number of ether oxygens (including phenoxy) is 2. The number of hydrogen-bond acceptors (Lipinski definition) is 5. The Hall–Kier alpha value is -2.21. The van der Waals surface area contributed by atoms with Crippen molar-refractivity contribution in [3.8, 4) is 17.2 Å². The van der Waals surface area contributed by atoms with Crippen LogP contribution in [-0.4, -0.2) is 22.6 Å². The Morgan fingerprint density at radius 2 is 1.48 bits per heavy atom. The lowest BCUT2D eigenvalue weighted by Gasteiger charge is -2.17. The topological polar surface area (TPSA) is 61.8 Å². The van der Waals surface area contributed by atoms with Gasteiger partial charge in [0.25, 0.3) is 0 Å². The van der Waals surface area contributed by atoms with E-state index in [-0.39, 0.29) is 16.4 Å². The SMILES string of the molecule is COc1cc(C)c(C)c(OS(=O)(=O)c2ccc(C)cc2)c1OC. The molecule has 0 fully saturated rings. The molecule has 5 nitrogen and oxygen atoms in total. The van der Waals surface area contributed by atoms with Crippen LogP contribution in [0.1, 0.15) is 16.7 Å². The minimum Gasteiger partial charge on any atom is -0.493 e. The Kier molecular flexibility index (Phi) is 4.85. The van der Waals surface area contributed by atoms with Crippen LogP contribution in [0.5, 0.6) is 17.2 Å². The van der Waals surface area contributed by atoms with E-state index in [1.165, 1.54) is 26.4 Å². The van der Waals surface area contributed by atoms with E-state index in [1.54, 1.807) is 25.1 Å². The highest BCUT2D eigenvalue weighted by Gasteiger charge is 2.24. The minimum atomic E-state index is -3.96. The van der Waals surface area contributed by atoms with Crippen LogP contribution >= 0.6 is 0 Å². The summed E-state index contributed by atoms with van der Waals surface area (Å²) in [7, 11) is -1.03. The molecule has 0 unspecified atom stereocenters. The Morgan fingerprint density at radius 3 is 2.00 bits per heavy atom. The maximum Gasteiger partial charge on any atom is 0.339 e. The Balaban J connectivity index is 2.54. The van der Waals surface area contributed by atoms with E-state index in [0.29, 0.717) is 11.3 Å².